The number of nitrogens with one attached hydrogen (secondary N) is 1. The molecule has 0 radical (unpaired) electrons. The van der Waals surface area contributed by atoms with Crippen molar-refractivity contribution in [3.63, 3.8) is 0 Å². The Morgan fingerprint density at radius 2 is 1.97 bits per heavy atom. The van der Waals surface area contributed by atoms with Gasteiger partial charge in [0.15, 0.2) is 5.69 Å². The summed E-state index contributed by atoms with van der Waals surface area (Å²) in [6.45, 7) is 1.84. The molecule has 1 aliphatic rings. The van der Waals surface area contributed by atoms with Crippen LogP contribution in [0.3, 0.4) is 0 Å². The van der Waals surface area contributed by atoms with Crippen molar-refractivity contribution in [1.29, 1.82) is 0 Å². The Labute approximate surface area is 162 Å². The van der Waals surface area contributed by atoms with Crippen LogP contribution in [-0.2, 0) is 4.74 Å². The van der Waals surface area contributed by atoms with Crippen LogP contribution >= 0.6 is 0 Å². The van der Waals surface area contributed by atoms with Crippen molar-refractivity contribution in [2.24, 2.45) is 0 Å². The fourth-order valence-electron chi connectivity index (χ4n) is 3.07. The van der Waals surface area contributed by atoms with Gasteiger partial charge in [0.1, 0.15) is 12.1 Å². The lowest BCUT2D eigenvalue weighted by atomic mass is 10.1. The van der Waals surface area contributed by atoms with Gasteiger partial charge >= 0.3 is 5.97 Å². The minimum atomic E-state index is -0.686. The van der Waals surface area contributed by atoms with Gasteiger partial charge in [-0.15, -0.1) is 0 Å². The summed E-state index contributed by atoms with van der Waals surface area (Å²) in [6, 6.07) is 7.56. The highest BCUT2D eigenvalue weighted by Crippen LogP contribution is 2.29. The lowest BCUT2D eigenvalue weighted by molar-refractivity contribution is 0.0519. The van der Waals surface area contributed by atoms with Crippen molar-refractivity contribution >= 4 is 23.6 Å². The smallest absolute Gasteiger partial charge is 0.360 e. The molecule has 3 N–H and O–H groups in total. The number of nitrogens with zero attached hydrogens (tertiary/aromatic N) is 2. The van der Waals surface area contributed by atoms with Crippen molar-refractivity contribution in [1.82, 2.24) is 14.9 Å². The Morgan fingerprint density at radius 1 is 1.21 bits per heavy atom. The first-order valence-corrected chi connectivity index (χ1v) is 8.56. The van der Waals surface area contributed by atoms with Crippen LogP contribution in [-0.4, -0.2) is 33.9 Å². The molecule has 3 aromatic rings. The van der Waals surface area contributed by atoms with Crippen LogP contribution in [0.5, 0.6) is 0 Å². The van der Waals surface area contributed by atoms with Gasteiger partial charge in [-0.2, -0.15) is 0 Å². The maximum Gasteiger partial charge on any atom is 0.360 e. The fraction of sp³-hybridized carbons (Fsp3) is 0.105. The number of fused-ring (bicyclic) bond motifs is 1. The van der Waals surface area contributed by atoms with Gasteiger partial charge in [0.25, 0.3) is 17.4 Å². The standard InChI is InChI=1S/C19H14N4O6/c1-2-28-19(27)11-8-29-18(21-11)9-5-3-4-6-12(9)23-13(24)7-10-14(15(23)20)17(26)22-16(10)25/h3-8H,2,20H2,1H3,(H,22,25,26). The van der Waals surface area contributed by atoms with Crippen LogP contribution < -0.4 is 16.6 Å². The molecule has 0 saturated carbocycles. The highest BCUT2D eigenvalue weighted by Gasteiger charge is 2.32. The number of anilines is 1. The van der Waals surface area contributed by atoms with Crippen LogP contribution in [0.4, 0.5) is 5.82 Å². The SMILES string of the molecule is CCOC(=O)c1coc(-c2ccccc2-n2c(N)c3c(cc2=O)C(=O)NC3=O)n1. The second kappa shape index (κ2) is 6.75. The zero-order chi connectivity index (χ0) is 20.7. The molecule has 0 spiro atoms. The number of aromatic nitrogens is 2. The number of oxazole rings is 1. The van der Waals surface area contributed by atoms with Crippen molar-refractivity contribution < 1.29 is 23.5 Å². The number of pyridine rings is 1. The third-order valence-corrected chi connectivity index (χ3v) is 4.32. The fourth-order valence-corrected chi connectivity index (χ4v) is 3.07. The third-order valence-electron chi connectivity index (χ3n) is 4.32. The van der Waals surface area contributed by atoms with E-state index in [0.29, 0.717) is 5.56 Å². The van der Waals surface area contributed by atoms with E-state index in [1.807, 2.05) is 0 Å². The monoisotopic (exact) mass is 394 g/mol. The Kier molecular flexibility index (Phi) is 4.23. The number of para-hydroxylation sites is 1. The van der Waals surface area contributed by atoms with E-state index in [9.17, 15) is 19.2 Å². The van der Waals surface area contributed by atoms with E-state index < -0.39 is 23.3 Å². The zero-order valence-corrected chi connectivity index (χ0v) is 15.1. The molecule has 146 valence electrons. The first-order valence-electron chi connectivity index (χ1n) is 8.56. The van der Waals surface area contributed by atoms with Crippen molar-refractivity contribution in [3.05, 3.63) is 63.8 Å². The molecule has 10 nitrogen and oxygen atoms in total. The molecular weight excluding hydrogens is 380 g/mol. The summed E-state index contributed by atoms with van der Waals surface area (Å²) >= 11 is 0. The molecule has 4 rings (SSSR count). The van der Waals surface area contributed by atoms with Crippen LogP contribution in [0.25, 0.3) is 17.1 Å². The second-order valence-electron chi connectivity index (χ2n) is 6.05. The summed E-state index contributed by atoms with van der Waals surface area (Å²) in [4.78, 5) is 52.6. The molecular formula is C19H14N4O6. The molecule has 0 fully saturated rings. The number of carbonyl (C=O) groups is 3. The minimum Gasteiger partial charge on any atom is -0.461 e. The van der Waals surface area contributed by atoms with E-state index in [2.05, 4.69) is 10.3 Å². The highest BCUT2D eigenvalue weighted by atomic mass is 16.5. The number of benzene rings is 1. The number of esters is 1. The molecule has 1 aromatic carbocycles. The number of hydrogen-bond donors (Lipinski definition) is 2. The zero-order valence-electron chi connectivity index (χ0n) is 15.1. The highest BCUT2D eigenvalue weighted by molar-refractivity contribution is 6.23. The Hall–Kier alpha value is -4.21. The largest absolute Gasteiger partial charge is 0.461 e. The summed E-state index contributed by atoms with van der Waals surface area (Å²) in [5.74, 6) is -2.16. The number of carbonyl (C=O) groups excluding carboxylic acids is 3. The van der Waals surface area contributed by atoms with E-state index in [1.165, 1.54) is 0 Å². The number of nitrogens with two attached hydrogens (primary N) is 1. The molecule has 2 aromatic heterocycles. The summed E-state index contributed by atoms with van der Waals surface area (Å²) in [7, 11) is 0. The molecule has 0 atom stereocenters. The predicted molar refractivity (Wildman–Crippen MR) is 99.7 cm³/mol. The molecule has 29 heavy (non-hydrogen) atoms. The van der Waals surface area contributed by atoms with Crippen LogP contribution in [0.1, 0.15) is 38.1 Å². The van der Waals surface area contributed by atoms with Gasteiger partial charge in [-0.05, 0) is 19.1 Å². The lowest BCUT2D eigenvalue weighted by Crippen LogP contribution is -2.24. The molecule has 0 aliphatic carbocycles. The number of hydrogen-bond acceptors (Lipinski definition) is 8. The third kappa shape index (κ3) is 2.87. The molecule has 2 amide bonds. The molecule has 3 heterocycles. The van der Waals surface area contributed by atoms with Crippen molar-refractivity contribution in [3.8, 4) is 17.1 Å². The van der Waals surface area contributed by atoms with Gasteiger partial charge in [-0.1, -0.05) is 12.1 Å². The number of ether oxygens (including phenoxy) is 1. The van der Waals surface area contributed by atoms with Gasteiger partial charge in [0.2, 0.25) is 5.89 Å². The molecule has 1 aliphatic heterocycles. The molecule has 10 heteroatoms. The molecule has 0 bridgehead atoms. The van der Waals surface area contributed by atoms with E-state index >= 15 is 0 Å². The van der Waals surface area contributed by atoms with Gasteiger partial charge in [0, 0.05) is 6.07 Å². The Morgan fingerprint density at radius 3 is 2.72 bits per heavy atom. The molecule has 0 saturated heterocycles. The Balaban J connectivity index is 1.89. The first-order chi connectivity index (χ1) is 13.9. The Bertz CT molecular complexity index is 1240. The summed E-state index contributed by atoms with van der Waals surface area (Å²) in [5, 5.41) is 2.11. The van der Waals surface area contributed by atoms with Crippen LogP contribution in [0.15, 0.2) is 45.8 Å². The maximum absolute atomic E-state index is 12.7. The van der Waals surface area contributed by atoms with Gasteiger partial charge < -0.3 is 14.9 Å². The lowest BCUT2D eigenvalue weighted by Gasteiger charge is -2.14. The summed E-state index contributed by atoms with van der Waals surface area (Å²) < 4.78 is 11.4. The maximum atomic E-state index is 12.7. The van der Waals surface area contributed by atoms with Crippen molar-refractivity contribution in [2.45, 2.75) is 6.92 Å². The quantitative estimate of drug-likeness (QED) is 0.494. The van der Waals surface area contributed by atoms with E-state index in [-0.39, 0.29) is 40.8 Å². The summed E-state index contributed by atoms with van der Waals surface area (Å²) in [5.41, 5.74) is 5.90. The molecule has 0 unspecified atom stereocenters. The van der Waals surface area contributed by atoms with Crippen LogP contribution in [0.2, 0.25) is 0 Å². The van der Waals surface area contributed by atoms with Gasteiger partial charge in [0.05, 0.1) is 29.0 Å². The average Bonchev–Trinajstić information content (AvgIpc) is 3.28. The van der Waals surface area contributed by atoms with Gasteiger partial charge in [-0.25, -0.2) is 9.78 Å². The number of imide groups is 1. The number of nitrogen functional groups attached to an aromatic ring is 1. The number of rotatable bonds is 4. The normalized spacial score (nSPS) is 12.6. The first kappa shape index (κ1) is 18.2. The van der Waals surface area contributed by atoms with E-state index in [0.717, 1.165) is 16.9 Å². The minimum absolute atomic E-state index is 0.0316. The second-order valence-corrected chi connectivity index (χ2v) is 6.05. The predicted octanol–water partition coefficient (Wildman–Crippen LogP) is 1.13. The van der Waals surface area contributed by atoms with E-state index in [4.69, 9.17) is 14.9 Å². The summed E-state index contributed by atoms with van der Waals surface area (Å²) in [6.07, 6.45) is 1.14. The van der Waals surface area contributed by atoms with Crippen molar-refractivity contribution in [2.75, 3.05) is 12.3 Å². The van der Waals surface area contributed by atoms with Gasteiger partial charge in [-0.3, -0.25) is 24.3 Å². The van der Waals surface area contributed by atoms with E-state index in [1.54, 1.807) is 31.2 Å². The number of amides is 2. The topological polar surface area (TPSA) is 147 Å². The van der Waals surface area contributed by atoms with Crippen LogP contribution in [0, 0.1) is 0 Å². The average molecular weight is 394 g/mol.